The molecule has 98 valence electrons. The van der Waals surface area contributed by atoms with Crippen LogP contribution in [0.1, 0.15) is 24.2 Å². The van der Waals surface area contributed by atoms with Crippen molar-refractivity contribution in [2.45, 2.75) is 13.8 Å². The van der Waals surface area contributed by atoms with Crippen LogP contribution in [0, 0.1) is 5.92 Å². The fourth-order valence-electron chi connectivity index (χ4n) is 1.22. The van der Waals surface area contributed by atoms with Gasteiger partial charge in [0.15, 0.2) is 0 Å². The van der Waals surface area contributed by atoms with Crippen molar-refractivity contribution >= 4 is 11.9 Å². The minimum atomic E-state index is -1.32. The first-order chi connectivity index (χ1) is 8.49. The van der Waals surface area contributed by atoms with Crippen molar-refractivity contribution in [2.75, 3.05) is 13.2 Å². The number of rotatable bonds is 6. The van der Waals surface area contributed by atoms with E-state index in [1.54, 1.807) is 24.3 Å². The van der Waals surface area contributed by atoms with Crippen molar-refractivity contribution in [3.8, 4) is 5.75 Å². The van der Waals surface area contributed by atoms with Crippen LogP contribution in [0.3, 0.4) is 0 Å². The van der Waals surface area contributed by atoms with Crippen molar-refractivity contribution in [2.24, 2.45) is 5.92 Å². The molecule has 0 spiro atoms. The monoisotopic (exact) mass is 250 g/mol. The van der Waals surface area contributed by atoms with E-state index in [4.69, 9.17) is 4.74 Å². The summed E-state index contributed by atoms with van der Waals surface area (Å²) in [5.74, 6) is -0.661. The molecule has 1 aromatic rings. The molecule has 1 amide bonds. The lowest BCUT2D eigenvalue weighted by Crippen LogP contribution is -2.37. The summed E-state index contributed by atoms with van der Waals surface area (Å²) in [5, 5.41) is 12.4. The van der Waals surface area contributed by atoms with E-state index in [2.05, 4.69) is 5.32 Å². The first-order valence-corrected chi connectivity index (χ1v) is 5.70. The predicted molar refractivity (Wildman–Crippen MR) is 64.1 cm³/mol. The Hall–Kier alpha value is -2.04. The first kappa shape index (κ1) is 14.0. The largest absolute Gasteiger partial charge is 0.548 e. The SMILES string of the molecule is CC(C)COc1ccc(C(=O)NCC(=O)[O-])cc1. The summed E-state index contributed by atoms with van der Waals surface area (Å²) in [6.07, 6.45) is 0. The van der Waals surface area contributed by atoms with Gasteiger partial charge in [-0.2, -0.15) is 0 Å². The number of nitrogens with one attached hydrogen (secondary N) is 1. The fourth-order valence-corrected chi connectivity index (χ4v) is 1.22. The van der Waals surface area contributed by atoms with Crippen molar-refractivity contribution in [3.05, 3.63) is 29.8 Å². The van der Waals surface area contributed by atoms with Crippen LogP contribution in [0.2, 0.25) is 0 Å². The molecule has 0 aromatic heterocycles. The number of hydrogen-bond donors (Lipinski definition) is 1. The topological polar surface area (TPSA) is 78.5 Å². The Morgan fingerprint density at radius 2 is 1.89 bits per heavy atom. The lowest BCUT2D eigenvalue weighted by atomic mass is 10.2. The van der Waals surface area contributed by atoms with E-state index in [1.807, 2.05) is 13.8 Å². The zero-order valence-corrected chi connectivity index (χ0v) is 10.4. The highest BCUT2D eigenvalue weighted by Crippen LogP contribution is 2.13. The molecule has 1 rings (SSSR count). The van der Waals surface area contributed by atoms with Crippen LogP contribution in [-0.2, 0) is 4.79 Å². The van der Waals surface area contributed by atoms with E-state index in [9.17, 15) is 14.7 Å². The maximum absolute atomic E-state index is 11.5. The minimum Gasteiger partial charge on any atom is -0.548 e. The smallest absolute Gasteiger partial charge is 0.251 e. The van der Waals surface area contributed by atoms with E-state index in [-0.39, 0.29) is 0 Å². The number of aliphatic carboxylic acids is 1. The van der Waals surface area contributed by atoms with Gasteiger partial charge in [-0.05, 0) is 30.2 Å². The van der Waals surface area contributed by atoms with Crippen LogP contribution in [0.5, 0.6) is 5.75 Å². The van der Waals surface area contributed by atoms with Gasteiger partial charge in [-0.3, -0.25) is 4.79 Å². The minimum absolute atomic E-state index is 0.383. The van der Waals surface area contributed by atoms with Gasteiger partial charge in [-0.25, -0.2) is 0 Å². The van der Waals surface area contributed by atoms with Gasteiger partial charge in [0.1, 0.15) is 5.75 Å². The standard InChI is InChI=1S/C13H17NO4/c1-9(2)8-18-11-5-3-10(4-6-11)13(17)14-7-12(15)16/h3-6,9H,7-8H2,1-2H3,(H,14,17)(H,15,16)/p-1. The van der Waals surface area contributed by atoms with Crippen LogP contribution in [-0.4, -0.2) is 25.0 Å². The third-order valence-corrected chi connectivity index (χ3v) is 2.09. The highest BCUT2D eigenvalue weighted by atomic mass is 16.5. The molecular weight excluding hydrogens is 234 g/mol. The van der Waals surface area contributed by atoms with E-state index < -0.39 is 18.4 Å². The fraction of sp³-hybridized carbons (Fsp3) is 0.385. The molecule has 5 heteroatoms. The number of benzene rings is 1. The Morgan fingerprint density at radius 3 is 2.39 bits per heavy atom. The lowest BCUT2D eigenvalue weighted by molar-refractivity contribution is -0.303. The third-order valence-electron chi connectivity index (χ3n) is 2.09. The average molecular weight is 250 g/mol. The molecule has 0 aliphatic rings. The van der Waals surface area contributed by atoms with E-state index >= 15 is 0 Å². The summed E-state index contributed by atoms with van der Waals surface area (Å²) in [6.45, 7) is 4.20. The summed E-state index contributed by atoms with van der Waals surface area (Å²) in [5.41, 5.74) is 0.383. The number of amides is 1. The van der Waals surface area contributed by atoms with E-state index in [1.165, 1.54) is 0 Å². The summed E-state index contributed by atoms with van der Waals surface area (Å²) in [7, 11) is 0. The second kappa shape index (κ2) is 6.64. The van der Waals surface area contributed by atoms with Gasteiger partial charge >= 0.3 is 0 Å². The highest BCUT2D eigenvalue weighted by molar-refractivity contribution is 5.95. The molecule has 0 aliphatic heterocycles. The molecule has 0 heterocycles. The molecule has 0 saturated heterocycles. The lowest BCUT2D eigenvalue weighted by Gasteiger charge is -2.09. The summed E-state index contributed by atoms with van der Waals surface area (Å²) in [4.78, 5) is 21.7. The summed E-state index contributed by atoms with van der Waals surface area (Å²) in [6, 6.07) is 6.52. The number of carbonyl (C=O) groups is 2. The van der Waals surface area contributed by atoms with Gasteiger partial charge in [0.25, 0.3) is 5.91 Å². The molecule has 0 atom stereocenters. The number of carboxylic acids is 1. The van der Waals surface area contributed by atoms with Crippen LogP contribution in [0.25, 0.3) is 0 Å². The molecule has 0 saturated carbocycles. The Labute approximate surface area is 106 Å². The Kier molecular flexibility index (Phi) is 5.17. The predicted octanol–water partition coefficient (Wildman–Crippen LogP) is 0.201. The Balaban J connectivity index is 2.53. The van der Waals surface area contributed by atoms with Gasteiger partial charge in [0.05, 0.1) is 19.1 Å². The molecule has 0 aliphatic carbocycles. The normalized spacial score (nSPS) is 10.2. The maximum Gasteiger partial charge on any atom is 0.251 e. The second-order valence-corrected chi connectivity index (χ2v) is 4.28. The number of carboxylic acid groups (broad SMARTS) is 1. The quantitative estimate of drug-likeness (QED) is 0.782. The zero-order chi connectivity index (χ0) is 13.5. The van der Waals surface area contributed by atoms with Gasteiger partial charge in [-0.15, -0.1) is 0 Å². The summed E-state index contributed by atoms with van der Waals surface area (Å²) >= 11 is 0. The molecule has 18 heavy (non-hydrogen) atoms. The molecule has 1 N–H and O–H groups in total. The average Bonchev–Trinajstić information content (AvgIpc) is 2.34. The van der Waals surface area contributed by atoms with Crippen molar-refractivity contribution < 1.29 is 19.4 Å². The molecule has 0 radical (unpaired) electrons. The molecular formula is C13H16NO4-. The highest BCUT2D eigenvalue weighted by Gasteiger charge is 2.05. The van der Waals surface area contributed by atoms with Gasteiger partial charge in [0, 0.05) is 5.56 Å². The van der Waals surface area contributed by atoms with E-state index in [0.29, 0.717) is 23.8 Å². The Morgan fingerprint density at radius 1 is 1.28 bits per heavy atom. The molecule has 1 aromatic carbocycles. The third kappa shape index (κ3) is 4.86. The van der Waals surface area contributed by atoms with E-state index in [0.717, 1.165) is 0 Å². The first-order valence-electron chi connectivity index (χ1n) is 5.70. The Bertz CT molecular complexity index is 412. The van der Waals surface area contributed by atoms with Crippen LogP contribution in [0.4, 0.5) is 0 Å². The van der Waals surface area contributed by atoms with Crippen molar-refractivity contribution in [1.29, 1.82) is 0 Å². The van der Waals surface area contributed by atoms with Gasteiger partial charge in [0.2, 0.25) is 0 Å². The molecule has 0 fully saturated rings. The van der Waals surface area contributed by atoms with Crippen molar-refractivity contribution in [3.63, 3.8) is 0 Å². The van der Waals surface area contributed by atoms with Gasteiger partial charge in [-0.1, -0.05) is 13.8 Å². The zero-order valence-electron chi connectivity index (χ0n) is 10.4. The molecule has 0 bridgehead atoms. The maximum atomic E-state index is 11.5. The number of hydrogen-bond acceptors (Lipinski definition) is 4. The second-order valence-electron chi connectivity index (χ2n) is 4.28. The van der Waals surface area contributed by atoms with Crippen LogP contribution in [0.15, 0.2) is 24.3 Å². The van der Waals surface area contributed by atoms with Crippen molar-refractivity contribution in [1.82, 2.24) is 5.32 Å². The number of carbonyl (C=O) groups excluding carboxylic acids is 2. The molecule has 5 nitrogen and oxygen atoms in total. The van der Waals surface area contributed by atoms with Crippen LogP contribution < -0.4 is 15.2 Å². The van der Waals surface area contributed by atoms with Gasteiger partial charge < -0.3 is 20.0 Å². The number of ether oxygens (including phenoxy) is 1. The van der Waals surface area contributed by atoms with Crippen LogP contribution >= 0.6 is 0 Å². The summed E-state index contributed by atoms with van der Waals surface area (Å²) < 4.78 is 5.46. The molecule has 0 unspecified atom stereocenters.